The zero-order valence-corrected chi connectivity index (χ0v) is 14.3. The molecular formula is C16H20BrNO3. The largest absolute Gasteiger partial charge is 0.468 e. The highest BCUT2D eigenvalue weighted by Gasteiger charge is 2.18. The number of amides is 1. The first kappa shape index (κ1) is 17.4. The fourth-order valence-electron chi connectivity index (χ4n) is 1.74. The summed E-state index contributed by atoms with van der Waals surface area (Å²) in [5.74, 6) is -0.648. The van der Waals surface area contributed by atoms with Gasteiger partial charge in [-0.1, -0.05) is 28.1 Å². The summed E-state index contributed by atoms with van der Waals surface area (Å²) in [5, 5.41) is 0. The Morgan fingerprint density at radius 1 is 1.38 bits per heavy atom. The standard InChI is InChI=1S/C16H20BrNO3/c1-11(2)18(10-16(20)21-4)15(19)8-7-13-6-5-12(3)9-14(13)17/h5-9,11H,10H2,1-4H3. The van der Waals surface area contributed by atoms with Crippen LogP contribution in [0.15, 0.2) is 28.7 Å². The Labute approximate surface area is 133 Å². The number of hydrogen-bond donors (Lipinski definition) is 0. The van der Waals surface area contributed by atoms with Crippen molar-refractivity contribution in [1.82, 2.24) is 4.90 Å². The molecule has 4 nitrogen and oxygen atoms in total. The number of nitrogens with zero attached hydrogens (tertiary/aromatic N) is 1. The fourth-order valence-corrected chi connectivity index (χ4v) is 2.37. The zero-order chi connectivity index (χ0) is 16.0. The molecule has 1 aromatic rings. The molecule has 1 aromatic carbocycles. The quantitative estimate of drug-likeness (QED) is 0.603. The van der Waals surface area contributed by atoms with E-state index < -0.39 is 5.97 Å². The molecule has 0 aliphatic carbocycles. The molecule has 0 aliphatic heterocycles. The van der Waals surface area contributed by atoms with Gasteiger partial charge in [-0.3, -0.25) is 9.59 Å². The summed E-state index contributed by atoms with van der Waals surface area (Å²) in [4.78, 5) is 25.0. The highest BCUT2D eigenvalue weighted by atomic mass is 79.9. The van der Waals surface area contributed by atoms with Crippen molar-refractivity contribution in [2.45, 2.75) is 26.8 Å². The van der Waals surface area contributed by atoms with Gasteiger partial charge in [0.15, 0.2) is 0 Å². The molecule has 0 aliphatic rings. The van der Waals surface area contributed by atoms with Crippen LogP contribution in [0.2, 0.25) is 0 Å². The van der Waals surface area contributed by atoms with Gasteiger partial charge in [0.2, 0.25) is 5.91 Å². The number of hydrogen-bond acceptors (Lipinski definition) is 3. The number of ether oxygens (including phenoxy) is 1. The lowest BCUT2D eigenvalue weighted by Crippen LogP contribution is -2.40. The van der Waals surface area contributed by atoms with E-state index in [0.717, 1.165) is 15.6 Å². The molecule has 0 spiro atoms. The molecule has 114 valence electrons. The molecule has 0 N–H and O–H groups in total. The molecule has 0 unspecified atom stereocenters. The number of benzene rings is 1. The minimum atomic E-state index is -0.429. The SMILES string of the molecule is COC(=O)CN(C(=O)C=Cc1ccc(C)cc1Br)C(C)C. The number of carbonyl (C=O) groups is 2. The minimum absolute atomic E-state index is 0.0492. The molecule has 1 amide bonds. The van der Waals surface area contributed by atoms with E-state index in [1.165, 1.54) is 18.1 Å². The van der Waals surface area contributed by atoms with Crippen molar-refractivity contribution in [2.24, 2.45) is 0 Å². The number of esters is 1. The Kier molecular flexibility index (Phi) is 6.62. The van der Waals surface area contributed by atoms with Crippen LogP contribution in [-0.4, -0.2) is 36.5 Å². The topological polar surface area (TPSA) is 46.6 Å². The molecule has 0 radical (unpaired) electrons. The smallest absolute Gasteiger partial charge is 0.325 e. The van der Waals surface area contributed by atoms with E-state index in [9.17, 15) is 9.59 Å². The summed E-state index contributed by atoms with van der Waals surface area (Å²) in [6.07, 6.45) is 3.21. The van der Waals surface area contributed by atoms with Crippen molar-refractivity contribution in [3.8, 4) is 0 Å². The number of halogens is 1. The van der Waals surface area contributed by atoms with E-state index in [-0.39, 0.29) is 18.5 Å². The van der Waals surface area contributed by atoms with Crippen LogP contribution in [0.5, 0.6) is 0 Å². The Bertz CT molecular complexity index is 552. The average Bonchev–Trinajstić information content (AvgIpc) is 2.42. The van der Waals surface area contributed by atoms with Crippen LogP contribution >= 0.6 is 15.9 Å². The molecule has 0 atom stereocenters. The lowest BCUT2D eigenvalue weighted by Gasteiger charge is -2.24. The number of aryl methyl sites for hydroxylation is 1. The van der Waals surface area contributed by atoms with Gasteiger partial charge in [-0.25, -0.2) is 0 Å². The van der Waals surface area contributed by atoms with E-state index in [1.807, 2.05) is 39.0 Å². The third-order valence-corrected chi connectivity index (χ3v) is 3.68. The first-order valence-electron chi connectivity index (χ1n) is 6.66. The monoisotopic (exact) mass is 353 g/mol. The van der Waals surface area contributed by atoms with E-state index >= 15 is 0 Å². The molecule has 5 heteroatoms. The third-order valence-electron chi connectivity index (χ3n) is 2.99. The minimum Gasteiger partial charge on any atom is -0.468 e. The molecule has 0 fully saturated rings. The molecule has 21 heavy (non-hydrogen) atoms. The predicted octanol–water partition coefficient (Wildman–Crippen LogP) is 3.18. The van der Waals surface area contributed by atoms with Crippen molar-refractivity contribution < 1.29 is 14.3 Å². The van der Waals surface area contributed by atoms with E-state index in [2.05, 4.69) is 20.7 Å². The Morgan fingerprint density at radius 3 is 2.57 bits per heavy atom. The van der Waals surface area contributed by atoms with Crippen molar-refractivity contribution in [1.29, 1.82) is 0 Å². The lowest BCUT2D eigenvalue weighted by atomic mass is 10.1. The van der Waals surface area contributed by atoms with Crippen molar-refractivity contribution in [2.75, 3.05) is 13.7 Å². The van der Waals surface area contributed by atoms with Gasteiger partial charge in [-0.05, 0) is 44.0 Å². The summed E-state index contributed by atoms with van der Waals surface area (Å²) in [6, 6.07) is 5.81. The molecule has 0 saturated heterocycles. The summed E-state index contributed by atoms with van der Waals surface area (Å²) >= 11 is 3.46. The van der Waals surface area contributed by atoms with Gasteiger partial charge < -0.3 is 9.64 Å². The van der Waals surface area contributed by atoms with E-state index in [1.54, 1.807) is 6.08 Å². The summed E-state index contributed by atoms with van der Waals surface area (Å²) in [5.41, 5.74) is 2.05. The molecule has 0 heterocycles. The van der Waals surface area contributed by atoms with Crippen LogP contribution < -0.4 is 0 Å². The normalized spacial score (nSPS) is 11.0. The Morgan fingerprint density at radius 2 is 2.05 bits per heavy atom. The molecule has 0 saturated carbocycles. The van der Waals surface area contributed by atoms with Crippen molar-refractivity contribution >= 4 is 33.9 Å². The first-order valence-corrected chi connectivity index (χ1v) is 7.46. The van der Waals surface area contributed by atoms with Crippen LogP contribution in [0.25, 0.3) is 6.08 Å². The van der Waals surface area contributed by atoms with Gasteiger partial charge >= 0.3 is 5.97 Å². The highest BCUT2D eigenvalue weighted by Crippen LogP contribution is 2.19. The van der Waals surface area contributed by atoms with Crippen molar-refractivity contribution in [3.05, 3.63) is 39.9 Å². The van der Waals surface area contributed by atoms with Gasteiger partial charge in [0.25, 0.3) is 0 Å². The van der Waals surface area contributed by atoms with Crippen LogP contribution in [-0.2, 0) is 14.3 Å². The number of methoxy groups -OCH3 is 1. The van der Waals surface area contributed by atoms with E-state index in [0.29, 0.717) is 0 Å². The maximum absolute atomic E-state index is 12.2. The zero-order valence-electron chi connectivity index (χ0n) is 12.7. The van der Waals surface area contributed by atoms with E-state index in [4.69, 9.17) is 0 Å². The fraction of sp³-hybridized carbons (Fsp3) is 0.375. The first-order chi connectivity index (χ1) is 9.85. The van der Waals surface area contributed by atoms with Gasteiger partial charge in [0.05, 0.1) is 7.11 Å². The molecule has 0 aromatic heterocycles. The lowest BCUT2D eigenvalue weighted by molar-refractivity contribution is -0.146. The van der Waals surface area contributed by atoms with Crippen LogP contribution in [0.1, 0.15) is 25.0 Å². The Balaban J connectivity index is 2.85. The average molecular weight is 354 g/mol. The van der Waals surface area contributed by atoms with Gasteiger partial charge in [-0.2, -0.15) is 0 Å². The second kappa shape index (κ2) is 7.98. The van der Waals surface area contributed by atoms with Crippen LogP contribution in [0.4, 0.5) is 0 Å². The Hall–Kier alpha value is -1.62. The summed E-state index contributed by atoms with van der Waals surface area (Å²) in [7, 11) is 1.31. The molecule has 1 rings (SSSR count). The number of rotatable bonds is 5. The maximum Gasteiger partial charge on any atom is 0.325 e. The van der Waals surface area contributed by atoms with Gasteiger partial charge in [-0.15, -0.1) is 0 Å². The molecule has 0 bridgehead atoms. The van der Waals surface area contributed by atoms with Crippen LogP contribution in [0, 0.1) is 6.92 Å². The van der Waals surface area contributed by atoms with Crippen LogP contribution in [0.3, 0.4) is 0 Å². The summed E-state index contributed by atoms with van der Waals surface area (Å²) in [6.45, 7) is 5.67. The third kappa shape index (κ3) is 5.34. The van der Waals surface area contributed by atoms with Gasteiger partial charge in [0.1, 0.15) is 6.54 Å². The number of carbonyl (C=O) groups excluding carboxylic acids is 2. The maximum atomic E-state index is 12.2. The summed E-state index contributed by atoms with van der Waals surface area (Å²) < 4.78 is 5.54. The highest BCUT2D eigenvalue weighted by molar-refractivity contribution is 9.10. The second-order valence-corrected chi connectivity index (χ2v) is 5.85. The van der Waals surface area contributed by atoms with Gasteiger partial charge in [0, 0.05) is 16.6 Å². The van der Waals surface area contributed by atoms with Crippen molar-refractivity contribution in [3.63, 3.8) is 0 Å². The predicted molar refractivity (Wildman–Crippen MR) is 86.8 cm³/mol. The molecular weight excluding hydrogens is 334 g/mol. The second-order valence-electron chi connectivity index (χ2n) is 4.99.